The summed E-state index contributed by atoms with van der Waals surface area (Å²) in [6.07, 6.45) is 4.84. The third-order valence-corrected chi connectivity index (χ3v) is 5.62. The molecule has 1 atom stereocenters. The van der Waals surface area contributed by atoms with Gasteiger partial charge in [0.15, 0.2) is 5.13 Å². The van der Waals surface area contributed by atoms with Gasteiger partial charge in [0.2, 0.25) is 5.91 Å². The average Bonchev–Trinajstić information content (AvgIpc) is 3.27. The Labute approximate surface area is 164 Å². The van der Waals surface area contributed by atoms with Gasteiger partial charge in [0.1, 0.15) is 5.82 Å². The predicted octanol–water partition coefficient (Wildman–Crippen LogP) is 3.28. The van der Waals surface area contributed by atoms with Crippen LogP contribution in [-0.4, -0.2) is 21.8 Å². The molecule has 1 aliphatic rings. The number of carbonyl (C=O) groups excluding carboxylic acids is 2. The Bertz CT molecular complexity index is 1000. The van der Waals surface area contributed by atoms with E-state index in [2.05, 4.69) is 20.6 Å². The molecule has 2 N–H and O–H groups in total. The Morgan fingerprint density at radius 1 is 1.14 bits per heavy atom. The van der Waals surface area contributed by atoms with Crippen molar-refractivity contribution in [1.82, 2.24) is 15.3 Å². The normalized spacial score (nSPS) is 15.1. The second kappa shape index (κ2) is 7.85. The Morgan fingerprint density at radius 3 is 2.64 bits per heavy atom. The summed E-state index contributed by atoms with van der Waals surface area (Å²) >= 11 is 1.38. The van der Waals surface area contributed by atoms with Gasteiger partial charge in [-0.25, -0.2) is 9.37 Å². The van der Waals surface area contributed by atoms with Crippen molar-refractivity contribution in [3.63, 3.8) is 0 Å². The monoisotopic (exact) mass is 396 g/mol. The molecule has 0 fully saturated rings. The SMILES string of the molecule is O=C(Nc1nc2c(s1)CCC2C(=O)NCc1ccncc1)c1ccc(F)cc1. The molecule has 0 spiro atoms. The van der Waals surface area contributed by atoms with Crippen molar-refractivity contribution >= 4 is 28.3 Å². The molecule has 0 aliphatic heterocycles. The molecule has 2 aromatic heterocycles. The number of pyridine rings is 1. The Kier molecular flexibility index (Phi) is 5.12. The maximum atomic E-state index is 13.0. The van der Waals surface area contributed by atoms with Crippen LogP contribution in [0, 0.1) is 5.82 Å². The van der Waals surface area contributed by atoms with E-state index in [4.69, 9.17) is 0 Å². The van der Waals surface area contributed by atoms with Gasteiger partial charge in [-0.15, -0.1) is 11.3 Å². The molecular formula is C20H17FN4O2S. The van der Waals surface area contributed by atoms with Crippen LogP contribution in [0.4, 0.5) is 9.52 Å². The van der Waals surface area contributed by atoms with Gasteiger partial charge in [0.05, 0.1) is 11.6 Å². The van der Waals surface area contributed by atoms with E-state index < -0.39 is 5.82 Å². The lowest BCUT2D eigenvalue weighted by atomic mass is 10.1. The van der Waals surface area contributed by atoms with Crippen LogP contribution in [0.5, 0.6) is 0 Å². The second-order valence-corrected chi connectivity index (χ2v) is 7.54. The fraction of sp³-hybridized carbons (Fsp3) is 0.200. The van der Waals surface area contributed by atoms with Crippen molar-refractivity contribution in [2.75, 3.05) is 5.32 Å². The van der Waals surface area contributed by atoms with E-state index in [-0.39, 0.29) is 17.7 Å². The van der Waals surface area contributed by atoms with Crippen LogP contribution in [0.3, 0.4) is 0 Å². The molecular weight excluding hydrogens is 379 g/mol. The van der Waals surface area contributed by atoms with Crippen LogP contribution >= 0.6 is 11.3 Å². The van der Waals surface area contributed by atoms with Crippen LogP contribution in [0.25, 0.3) is 0 Å². The number of thiazole rings is 1. The molecule has 0 radical (unpaired) electrons. The largest absolute Gasteiger partial charge is 0.351 e. The molecule has 6 nitrogen and oxygen atoms in total. The van der Waals surface area contributed by atoms with E-state index in [1.807, 2.05) is 12.1 Å². The minimum absolute atomic E-state index is 0.0720. The summed E-state index contributed by atoms with van der Waals surface area (Å²) in [6, 6.07) is 9.01. The fourth-order valence-electron chi connectivity index (χ4n) is 3.12. The molecule has 3 aromatic rings. The third-order valence-electron chi connectivity index (χ3n) is 4.58. The molecule has 1 aromatic carbocycles. The Morgan fingerprint density at radius 2 is 1.89 bits per heavy atom. The summed E-state index contributed by atoms with van der Waals surface area (Å²) in [7, 11) is 0. The molecule has 2 amide bonds. The number of fused-ring (bicyclic) bond motifs is 1. The van der Waals surface area contributed by atoms with Crippen molar-refractivity contribution in [3.8, 4) is 0 Å². The highest BCUT2D eigenvalue weighted by Crippen LogP contribution is 2.38. The van der Waals surface area contributed by atoms with Crippen LogP contribution < -0.4 is 10.6 Å². The lowest BCUT2D eigenvalue weighted by Gasteiger charge is -2.10. The highest BCUT2D eigenvalue weighted by molar-refractivity contribution is 7.16. The minimum Gasteiger partial charge on any atom is -0.351 e. The number of rotatable bonds is 5. The van der Waals surface area contributed by atoms with Gasteiger partial charge >= 0.3 is 0 Å². The van der Waals surface area contributed by atoms with E-state index in [0.29, 0.717) is 23.7 Å². The summed E-state index contributed by atoms with van der Waals surface area (Å²) < 4.78 is 13.0. The number of aromatic nitrogens is 2. The number of hydrogen-bond donors (Lipinski definition) is 2. The summed E-state index contributed by atoms with van der Waals surface area (Å²) in [5.74, 6) is -1.14. The zero-order chi connectivity index (χ0) is 19.5. The van der Waals surface area contributed by atoms with E-state index in [9.17, 15) is 14.0 Å². The molecule has 142 valence electrons. The molecule has 0 bridgehead atoms. The number of halogens is 1. The number of aryl methyl sites for hydroxylation is 1. The fourth-order valence-corrected chi connectivity index (χ4v) is 4.15. The Hall–Kier alpha value is -3.13. The van der Waals surface area contributed by atoms with Gasteiger partial charge < -0.3 is 5.32 Å². The van der Waals surface area contributed by atoms with E-state index in [1.165, 1.54) is 35.6 Å². The van der Waals surface area contributed by atoms with Crippen LogP contribution in [0.2, 0.25) is 0 Å². The van der Waals surface area contributed by atoms with Gasteiger partial charge in [-0.1, -0.05) is 0 Å². The number of anilines is 1. The summed E-state index contributed by atoms with van der Waals surface area (Å²) in [5, 5.41) is 6.12. The van der Waals surface area contributed by atoms with E-state index >= 15 is 0 Å². The molecule has 0 saturated carbocycles. The van der Waals surface area contributed by atoms with Gasteiger partial charge in [-0.05, 0) is 54.8 Å². The molecule has 28 heavy (non-hydrogen) atoms. The van der Waals surface area contributed by atoms with Crippen molar-refractivity contribution in [2.24, 2.45) is 0 Å². The standard InChI is InChI=1S/C20H17FN4O2S/c21-14-3-1-13(2-4-14)18(26)25-20-24-17-15(5-6-16(17)28-20)19(27)23-11-12-7-9-22-10-8-12/h1-4,7-10,15H,5-6,11H2,(H,23,27)(H,24,25,26). The van der Waals surface area contributed by atoms with Crippen LogP contribution in [0.15, 0.2) is 48.8 Å². The van der Waals surface area contributed by atoms with E-state index in [0.717, 1.165) is 22.6 Å². The maximum Gasteiger partial charge on any atom is 0.257 e. The number of nitrogens with one attached hydrogen (secondary N) is 2. The summed E-state index contributed by atoms with van der Waals surface area (Å²) in [6.45, 7) is 0.436. The Balaban J connectivity index is 1.41. The third kappa shape index (κ3) is 3.91. The summed E-state index contributed by atoms with van der Waals surface area (Å²) in [4.78, 5) is 34.3. The number of hydrogen-bond acceptors (Lipinski definition) is 5. The molecule has 0 saturated heterocycles. The lowest BCUT2D eigenvalue weighted by molar-refractivity contribution is -0.122. The van der Waals surface area contributed by atoms with Crippen molar-refractivity contribution in [2.45, 2.75) is 25.3 Å². The van der Waals surface area contributed by atoms with Crippen molar-refractivity contribution < 1.29 is 14.0 Å². The first-order valence-corrected chi connectivity index (χ1v) is 9.65. The van der Waals surface area contributed by atoms with Gasteiger partial charge in [0, 0.05) is 29.4 Å². The number of amides is 2. The van der Waals surface area contributed by atoms with Gasteiger partial charge in [-0.2, -0.15) is 0 Å². The summed E-state index contributed by atoms with van der Waals surface area (Å²) in [5.41, 5.74) is 2.06. The first-order chi connectivity index (χ1) is 13.6. The van der Waals surface area contributed by atoms with Crippen molar-refractivity contribution in [1.29, 1.82) is 0 Å². The quantitative estimate of drug-likeness (QED) is 0.693. The molecule has 1 unspecified atom stereocenters. The van der Waals surface area contributed by atoms with Crippen LogP contribution in [-0.2, 0) is 17.8 Å². The smallest absolute Gasteiger partial charge is 0.257 e. The highest BCUT2D eigenvalue weighted by atomic mass is 32.1. The zero-order valence-electron chi connectivity index (χ0n) is 14.8. The topological polar surface area (TPSA) is 84.0 Å². The maximum absolute atomic E-state index is 13.0. The number of nitrogens with zero attached hydrogens (tertiary/aromatic N) is 2. The molecule has 8 heteroatoms. The predicted molar refractivity (Wildman–Crippen MR) is 104 cm³/mol. The second-order valence-electron chi connectivity index (χ2n) is 6.45. The first kappa shape index (κ1) is 18.2. The first-order valence-electron chi connectivity index (χ1n) is 8.83. The van der Waals surface area contributed by atoms with Gasteiger partial charge in [0.25, 0.3) is 5.91 Å². The highest BCUT2D eigenvalue weighted by Gasteiger charge is 2.32. The lowest BCUT2D eigenvalue weighted by Crippen LogP contribution is -2.28. The molecule has 2 heterocycles. The minimum atomic E-state index is -0.398. The number of carbonyl (C=O) groups is 2. The van der Waals surface area contributed by atoms with E-state index in [1.54, 1.807) is 12.4 Å². The zero-order valence-corrected chi connectivity index (χ0v) is 15.6. The number of benzene rings is 1. The van der Waals surface area contributed by atoms with Crippen molar-refractivity contribution in [3.05, 3.63) is 76.3 Å². The van der Waals surface area contributed by atoms with Gasteiger partial charge in [-0.3, -0.25) is 19.9 Å². The molecule has 1 aliphatic carbocycles. The van der Waals surface area contributed by atoms with Crippen LogP contribution in [0.1, 0.15) is 38.8 Å². The average molecular weight is 396 g/mol. The molecule has 4 rings (SSSR count).